The average molecular weight is 346 g/mol. The van der Waals surface area contributed by atoms with Gasteiger partial charge in [-0.25, -0.2) is 0 Å². The quantitative estimate of drug-likeness (QED) is 0.833. The molecule has 130 valence electrons. The third kappa shape index (κ3) is 4.09. The van der Waals surface area contributed by atoms with Crippen molar-refractivity contribution < 1.29 is 9.47 Å². The van der Waals surface area contributed by atoms with Gasteiger partial charge in [-0.1, -0.05) is 19.1 Å². The molecule has 1 aromatic heterocycles. The summed E-state index contributed by atoms with van der Waals surface area (Å²) in [5.41, 5.74) is 7.40. The van der Waals surface area contributed by atoms with Crippen LogP contribution in [0.25, 0.3) is 0 Å². The molecule has 0 spiro atoms. The minimum absolute atomic E-state index is 0.258. The topological polar surface area (TPSA) is 47.7 Å². The van der Waals surface area contributed by atoms with Gasteiger partial charge >= 0.3 is 0 Å². The molecule has 1 saturated heterocycles. The van der Waals surface area contributed by atoms with Crippen LogP contribution in [0.5, 0.6) is 11.5 Å². The minimum Gasteiger partial charge on any atom is -0.493 e. The summed E-state index contributed by atoms with van der Waals surface area (Å²) in [4.78, 5) is 3.67. The fraction of sp³-hybridized carbons (Fsp3) is 0.474. The van der Waals surface area contributed by atoms with E-state index in [4.69, 9.17) is 15.2 Å². The van der Waals surface area contributed by atoms with Crippen molar-refractivity contribution in [2.24, 2.45) is 11.1 Å². The molecule has 0 aliphatic carbocycles. The zero-order valence-corrected chi connectivity index (χ0v) is 15.3. The highest BCUT2D eigenvalue weighted by molar-refractivity contribution is 7.09. The van der Waals surface area contributed by atoms with Crippen molar-refractivity contribution in [2.75, 3.05) is 26.7 Å². The van der Waals surface area contributed by atoms with Crippen molar-refractivity contribution in [2.45, 2.75) is 26.5 Å². The molecular weight excluding hydrogens is 320 g/mol. The standard InChI is InChI=1S/C19H26N2O2S/c1-19(13-20)7-8-21(14-19)11-15-5-6-17(18(10-15)22-2)23-12-16-4-3-9-24-16/h3-6,9-10H,7-8,11-14,20H2,1-2H3. The number of hydrogen-bond acceptors (Lipinski definition) is 5. The summed E-state index contributed by atoms with van der Waals surface area (Å²) in [5.74, 6) is 1.59. The molecule has 0 amide bonds. The largest absolute Gasteiger partial charge is 0.493 e. The number of rotatable bonds is 7. The molecule has 1 unspecified atom stereocenters. The van der Waals surface area contributed by atoms with Gasteiger partial charge in [0.1, 0.15) is 6.61 Å². The van der Waals surface area contributed by atoms with Crippen LogP contribution in [-0.2, 0) is 13.2 Å². The second-order valence-electron chi connectivity index (χ2n) is 6.83. The molecule has 0 bridgehead atoms. The highest BCUT2D eigenvalue weighted by Crippen LogP contribution is 2.32. The second kappa shape index (κ2) is 7.55. The first-order valence-corrected chi connectivity index (χ1v) is 9.24. The molecular formula is C19H26N2O2S. The summed E-state index contributed by atoms with van der Waals surface area (Å²) >= 11 is 1.70. The van der Waals surface area contributed by atoms with Crippen LogP contribution in [0, 0.1) is 5.41 Å². The molecule has 1 aromatic carbocycles. The van der Waals surface area contributed by atoms with Crippen LogP contribution in [0.1, 0.15) is 23.8 Å². The lowest BCUT2D eigenvalue weighted by Crippen LogP contribution is -2.31. The maximum atomic E-state index is 5.90. The summed E-state index contributed by atoms with van der Waals surface area (Å²) in [5, 5.41) is 2.06. The van der Waals surface area contributed by atoms with E-state index in [0.29, 0.717) is 6.61 Å². The van der Waals surface area contributed by atoms with E-state index in [1.807, 2.05) is 12.1 Å². The molecule has 1 atom stereocenters. The van der Waals surface area contributed by atoms with Crippen molar-refractivity contribution in [3.63, 3.8) is 0 Å². The predicted molar refractivity (Wildman–Crippen MR) is 98.7 cm³/mol. The SMILES string of the molecule is COc1cc(CN2CCC(C)(CN)C2)ccc1OCc1cccs1. The van der Waals surface area contributed by atoms with Crippen molar-refractivity contribution in [3.05, 3.63) is 46.2 Å². The fourth-order valence-electron chi connectivity index (χ4n) is 3.16. The zero-order valence-electron chi connectivity index (χ0n) is 14.5. The average Bonchev–Trinajstić information content (AvgIpc) is 3.24. The number of nitrogens with zero attached hydrogens (tertiary/aromatic N) is 1. The first-order chi connectivity index (χ1) is 11.6. The van der Waals surface area contributed by atoms with E-state index in [0.717, 1.165) is 37.7 Å². The van der Waals surface area contributed by atoms with Crippen LogP contribution in [0.15, 0.2) is 35.7 Å². The van der Waals surface area contributed by atoms with Gasteiger partial charge in [0.05, 0.1) is 7.11 Å². The Hall–Kier alpha value is -1.56. The number of methoxy groups -OCH3 is 1. The van der Waals surface area contributed by atoms with Crippen LogP contribution in [0.4, 0.5) is 0 Å². The first-order valence-electron chi connectivity index (χ1n) is 8.36. The summed E-state index contributed by atoms with van der Waals surface area (Å²) < 4.78 is 11.4. The number of thiophene rings is 1. The Labute approximate surface area is 148 Å². The van der Waals surface area contributed by atoms with Crippen LogP contribution in [0.3, 0.4) is 0 Å². The zero-order chi connectivity index (χ0) is 17.0. The van der Waals surface area contributed by atoms with E-state index in [-0.39, 0.29) is 5.41 Å². The molecule has 0 saturated carbocycles. The van der Waals surface area contributed by atoms with E-state index in [1.165, 1.54) is 16.9 Å². The van der Waals surface area contributed by atoms with Gasteiger partial charge in [-0.05, 0) is 54.1 Å². The lowest BCUT2D eigenvalue weighted by molar-refractivity contribution is 0.272. The highest BCUT2D eigenvalue weighted by atomic mass is 32.1. The van der Waals surface area contributed by atoms with E-state index >= 15 is 0 Å². The highest BCUT2D eigenvalue weighted by Gasteiger charge is 2.32. The second-order valence-corrected chi connectivity index (χ2v) is 7.86. The number of likely N-dealkylation sites (tertiary alicyclic amines) is 1. The maximum Gasteiger partial charge on any atom is 0.161 e. The van der Waals surface area contributed by atoms with Crippen molar-refractivity contribution in [3.8, 4) is 11.5 Å². The molecule has 0 radical (unpaired) electrons. The number of benzene rings is 1. The fourth-order valence-corrected chi connectivity index (χ4v) is 3.77. The Morgan fingerprint density at radius 3 is 2.83 bits per heavy atom. The van der Waals surface area contributed by atoms with E-state index in [2.05, 4.69) is 35.4 Å². The van der Waals surface area contributed by atoms with E-state index < -0.39 is 0 Å². The van der Waals surface area contributed by atoms with Gasteiger partial charge in [-0.2, -0.15) is 0 Å². The van der Waals surface area contributed by atoms with Gasteiger partial charge < -0.3 is 15.2 Å². The molecule has 2 N–H and O–H groups in total. The molecule has 1 aliphatic rings. The van der Waals surface area contributed by atoms with Crippen molar-refractivity contribution >= 4 is 11.3 Å². The number of hydrogen-bond donors (Lipinski definition) is 1. The molecule has 4 nitrogen and oxygen atoms in total. The molecule has 1 fully saturated rings. The van der Waals surface area contributed by atoms with Gasteiger partial charge in [0.15, 0.2) is 11.5 Å². The maximum absolute atomic E-state index is 5.90. The summed E-state index contributed by atoms with van der Waals surface area (Å²) in [6, 6.07) is 10.3. The monoisotopic (exact) mass is 346 g/mol. The minimum atomic E-state index is 0.258. The van der Waals surface area contributed by atoms with Crippen molar-refractivity contribution in [1.82, 2.24) is 4.90 Å². The molecule has 24 heavy (non-hydrogen) atoms. The van der Waals surface area contributed by atoms with Gasteiger partial charge in [0, 0.05) is 18.0 Å². The lowest BCUT2D eigenvalue weighted by atomic mass is 9.90. The Balaban J connectivity index is 1.63. The third-order valence-electron chi connectivity index (χ3n) is 4.71. The molecule has 5 heteroatoms. The summed E-state index contributed by atoms with van der Waals surface area (Å²) in [6.07, 6.45) is 1.17. The Bertz CT molecular complexity index is 659. The van der Waals surface area contributed by atoms with Gasteiger partial charge in [0.25, 0.3) is 0 Å². The van der Waals surface area contributed by atoms with Crippen molar-refractivity contribution in [1.29, 1.82) is 0 Å². The number of nitrogens with two attached hydrogens (primary N) is 1. The Morgan fingerprint density at radius 1 is 1.29 bits per heavy atom. The first kappa shape index (κ1) is 17.3. The third-order valence-corrected chi connectivity index (χ3v) is 5.56. The molecule has 2 heterocycles. The Kier molecular flexibility index (Phi) is 5.43. The van der Waals surface area contributed by atoms with Crippen LogP contribution >= 0.6 is 11.3 Å². The smallest absolute Gasteiger partial charge is 0.161 e. The van der Waals surface area contributed by atoms with Gasteiger partial charge in [0.2, 0.25) is 0 Å². The van der Waals surface area contributed by atoms with Crippen LogP contribution in [0.2, 0.25) is 0 Å². The van der Waals surface area contributed by atoms with Gasteiger partial charge in [-0.15, -0.1) is 11.3 Å². The van der Waals surface area contributed by atoms with Crippen LogP contribution < -0.4 is 15.2 Å². The normalized spacial score (nSPS) is 21.1. The number of ether oxygens (including phenoxy) is 2. The predicted octanol–water partition coefficient (Wildman–Crippen LogP) is 3.51. The molecule has 2 aromatic rings. The van der Waals surface area contributed by atoms with E-state index in [1.54, 1.807) is 18.4 Å². The molecule has 3 rings (SSSR count). The summed E-state index contributed by atoms with van der Waals surface area (Å²) in [6.45, 7) is 6.69. The Morgan fingerprint density at radius 2 is 2.17 bits per heavy atom. The lowest BCUT2D eigenvalue weighted by Gasteiger charge is -2.23. The van der Waals surface area contributed by atoms with E-state index in [9.17, 15) is 0 Å². The summed E-state index contributed by atoms with van der Waals surface area (Å²) in [7, 11) is 1.69. The van der Waals surface area contributed by atoms with Gasteiger partial charge in [-0.3, -0.25) is 4.90 Å². The molecule has 1 aliphatic heterocycles. The van der Waals surface area contributed by atoms with Crippen LogP contribution in [-0.4, -0.2) is 31.6 Å².